The van der Waals surface area contributed by atoms with Crippen LogP contribution in [0, 0.1) is 0 Å². The number of ether oxygens (including phenoxy) is 2. The molecule has 0 saturated heterocycles. The van der Waals surface area contributed by atoms with E-state index in [0.717, 1.165) is 14.8 Å². The largest absolute Gasteiger partial charge is 0.496 e. The fourth-order valence-electron chi connectivity index (χ4n) is 4.99. The lowest BCUT2D eigenvalue weighted by atomic mass is 9.91. The molecule has 230 valence electrons. The Kier molecular flexibility index (Phi) is 8.98. The van der Waals surface area contributed by atoms with Gasteiger partial charge < -0.3 is 24.8 Å². The van der Waals surface area contributed by atoms with Gasteiger partial charge in [-0.25, -0.2) is 4.79 Å². The molecule has 0 aliphatic heterocycles. The third kappa shape index (κ3) is 6.56. The number of carboxylic acid groups (broad SMARTS) is 3. The average molecular weight is 647 g/mol. The lowest BCUT2D eigenvalue weighted by molar-refractivity contribution is -0.137. The summed E-state index contributed by atoms with van der Waals surface area (Å²) in [6, 6.07) is 15.3. The van der Waals surface area contributed by atoms with Gasteiger partial charge >= 0.3 is 17.9 Å². The molecule has 10 nitrogen and oxygen atoms in total. The van der Waals surface area contributed by atoms with Crippen LogP contribution in [0.15, 0.2) is 54.6 Å². The van der Waals surface area contributed by atoms with Crippen LogP contribution in [0.25, 0.3) is 42.4 Å². The summed E-state index contributed by atoms with van der Waals surface area (Å²) < 4.78 is 12.9. The van der Waals surface area contributed by atoms with E-state index in [0.29, 0.717) is 48.9 Å². The van der Waals surface area contributed by atoms with Crippen LogP contribution in [0.5, 0.6) is 11.5 Å². The van der Waals surface area contributed by atoms with Crippen molar-refractivity contribution in [3.63, 3.8) is 0 Å². The van der Waals surface area contributed by atoms with Gasteiger partial charge in [0.1, 0.15) is 11.5 Å². The number of hydrogen-bond donors (Lipinski definition) is 3. The standard InChI is InChI=1S/C33H26O10S2/c1-42-25-10-17-12-29(23(34)5-7-31(36)37)44-27(17)14-21(25)19-4-3-16(33(40)41)9-20(19)22-15-28-18(11-26(22)43-2)13-30(45-28)24(35)6-8-32(38)39/h3-4,9-15H,5-8H2,1-2H3,(H,36,37)(H,38,39)(H,40,41). The normalized spacial score (nSPS) is 11.1. The molecule has 0 aliphatic rings. The summed E-state index contributed by atoms with van der Waals surface area (Å²) in [5, 5.41) is 29.2. The number of carboxylic acids is 3. The van der Waals surface area contributed by atoms with Crippen molar-refractivity contribution in [2.45, 2.75) is 25.7 Å². The molecule has 0 bridgehead atoms. The first-order chi connectivity index (χ1) is 21.5. The first-order valence-corrected chi connectivity index (χ1v) is 15.2. The summed E-state index contributed by atoms with van der Waals surface area (Å²) >= 11 is 2.44. The van der Waals surface area contributed by atoms with Gasteiger partial charge in [0.2, 0.25) is 0 Å². The monoisotopic (exact) mass is 646 g/mol. The van der Waals surface area contributed by atoms with Crippen molar-refractivity contribution in [3.05, 3.63) is 69.9 Å². The highest BCUT2D eigenvalue weighted by Gasteiger charge is 2.22. The van der Waals surface area contributed by atoms with E-state index in [1.54, 1.807) is 30.3 Å². The molecule has 5 aromatic rings. The number of ketones is 2. The molecule has 5 rings (SSSR count). The smallest absolute Gasteiger partial charge is 0.335 e. The van der Waals surface area contributed by atoms with Gasteiger partial charge in [-0.1, -0.05) is 6.07 Å². The lowest BCUT2D eigenvalue weighted by Gasteiger charge is -2.17. The van der Waals surface area contributed by atoms with Crippen LogP contribution < -0.4 is 9.47 Å². The number of fused-ring (bicyclic) bond motifs is 2. The minimum atomic E-state index is -1.13. The number of aliphatic carboxylic acids is 2. The van der Waals surface area contributed by atoms with Crippen LogP contribution in [0.4, 0.5) is 0 Å². The molecule has 2 aromatic heterocycles. The highest BCUT2D eigenvalue weighted by Crippen LogP contribution is 2.46. The number of Topliss-reactive ketones (excluding diaryl/α,β-unsaturated/α-hetero) is 2. The molecular weight excluding hydrogens is 620 g/mol. The van der Waals surface area contributed by atoms with Gasteiger partial charge in [0.25, 0.3) is 0 Å². The Bertz CT molecular complexity index is 2020. The molecule has 3 aromatic carbocycles. The summed E-state index contributed by atoms with van der Waals surface area (Å²) in [7, 11) is 2.99. The van der Waals surface area contributed by atoms with Crippen LogP contribution in [-0.4, -0.2) is 59.0 Å². The Hall–Kier alpha value is -5.07. The molecule has 12 heteroatoms. The Morgan fingerprint density at radius 3 is 1.47 bits per heavy atom. The SMILES string of the molecule is COc1cc2cc(C(=O)CCC(=O)O)sc2cc1-c1ccc(C(=O)O)cc1-c1cc2sc(C(=O)CCC(=O)O)cc2cc1OC. The second-order valence-electron chi connectivity index (χ2n) is 10.1. The van der Waals surface area contributed by atoms with Crippen molar-refractivity contribution in [2.24, 2.45) is 0 Å². The zero-order chi connectivity index (χ0) is 32.4. The fraction of sp³-hybridized carbons (Fsp3) is 0.182. The van der Waals surface area contributed by atoms with Crippen LogP contribution in [0.1, 0.15) is 55.4 Å². The lowest BCUT2D eigenvalue weighted by Crippen LogP contribution is -2.01. The summed E-state index contributed by atoms with van der Waals surface area (Å²) in [5.41, 5.74) is 2.37. The van der Waals surface area contributed by atoms with E-state index >= 15 is 0 Å². The number of benzene rings is 3. The van der Waals surface area contributed by atoms with Crippen LogP contribution >= 0.6 is 22.7 Å². The van der Waals surface area contributed by atoms with Gasteiger partial charge in [-0.3, -0.25) is 19.2 Å². The fourth-order valence-corrected chi connectivity index (χ4v) is 7.09. The molecule has 0 spiro atoms. The Labute approximate surface area is 264 Å². The number of thiophene rings is 2. The van der Waals surface area contributed by atoms with Gasteiger partial charge in [0.15, 0.2) is 11.6 Å². The molecular formula is C33H26O10S2. The maximum atomic E-state index is 12.7. The van der Waals surface area contributed by atoms with E-state index < -0.39 is 17.9 Å². The summed E-state index contributed by atoms with van der Waals surface area (Å²) in [5.74, 6) is -2.91. The molecule has 0 unspecified atom stereocenters. The molecule has 2 heterocycles. The summed E-state index contributed by atoms with van der Waals surface area (Å²) in [4.78, 5) is 60.1. The second-order valence-corrected chi connectivity index (χ2v) is 12.3. The van der Waals surface area contributed by atoms with E-state index in [-0.39, 0.29) is 42.8 Å². The number of rotatable bonds is 13. The zero-order valence-electron chi connectivity index (χ0n) is 24.0. The van der Waals surface area contributed by atoms with Crippen LogP contribution in [0.2, 0.25) is 0 Å². The third-order valence-electron chi connectivity index (χ3n) is 7.21. The molecule has 0 amide bonds. The predicted octanol–water partition coefficient (Wildman–Crippen LogP) is 7.26. The minimum Gasteiger partial charge on any atom is -0.496 e. The number of aromatic carboxylic acids is 1. The van der Waals surface area contributed by atoms with Crippen molar-refractivity contribution < 1.29 is 48.8 Å². The Morgan fingerprint density at radius 2 is 1.04 bits per heavy atom. The Morgan fingerprint density at radius 1 is 0.578 bits per heavy atom. The summed E-state index contributed by atoms with van der Waals surface area (Å²) in [6.45, 7) is 0. The molecule has 0 saturated carbocycles. The van der Waals surface area contributed by atoms with Crippen LogP contribution in [-0.2, 0) is 9.59 Å². The molecule has 45 heavy (non-hydrogen) atoms. The zero-order valence-corrected chi connectivity index (χ0v) is 25.7. The first-order valence-electron chi connectivity index (χ1n) is 13.6. The van der Waals surface area contributed by atoms with Crippen molar-refractivity contribution >= 4 is 72.3 Å². The molecule has 3 N–H and O–H groups in total. The predicted molar refractivity (Wildman–Crippen MR) is 171 cm³/mol. The quantitative estimate of drug-likeness (QED) is 0.111. The topological polar surface area (TPSA) is 164 Å². The third-order valence-corrected chi connectivity index (χ3v) is 9.48. The average Bonchev–Trinajstić information content (AvgIpc) is 3.64. The number of methoxy groups -OCH3 is 2. The van der Waals surface area contributed by atoms with Crippen LogP contribution in [0.3, 0.4) is 0 Å². The maximum Gasteiger partial charge on any atom is 0.335 e. The number of carbonyl (C=O) groups excluding carboxylic acids is 2. The highest BCUT2D eigenvalue weighted by molar-refractivity contribution is 7.21. The molecule has 0 atom stereocenters. The number of hydrogen-bond acceptors (Lipinski definition) is 9. The van der Waals surface area contributed by atoms with E-state index in [2.05, 4.69) is 0 Å². The van der Waals surface area contributed by atoms with Gasteiger partial charge in [-0.05, 0) is 70.4 Å². The minimum absolute atomic E-state index is 0.0362. The molecule has 0 aliphatic carbocycles. The highest BCUT2D eigenvalue weighted by atomic mass is 32.1. The van der Waals surface area contributed by atoms with E-state index in [9.17, 15) is 29.1 Å². The van der Waals surface area contributed by atoms with Crippen molar-refractivity contribution in [1.82, 2.24) is 0 Å². The first kappa shape index (κ1) is 31.4. The van der Waals surface area contributed by atoms with Crippen molar-refractivity contribution in [2.75, 3.05) is 14.2 Å². The van der Waals surface area contributed by atoms with Gasteiger partial charge in [0.05, 0.1) is 42.4 Å². The molecule has 0 radical (unpaired) electrons. The van der Waals surface area contributed by atoms with Crippen molar-refractivity contribution in [1.29, 1.82) is 0 Å². The van der Waals surface area contributed by atoms with Gasteiger partial charge in [-0.15, -0.1) is 22.7 Å². The van der Waals surface area contributed by atoms with Gasteiger partial charge in [0, 0.05) is 33.4 Å². The number of carbonyl (C=O) groups is 5. The molecule has 0 fully saturated rings. The van der Waals surface area contributed by atoms with E-state index in [4.69, 9.17) is 19.7 Å². The van der Waals surface area contributed by atoms with E-state index in [1.165, 1.54) is 49.0 Å². The second kappa shape index (κ2) is 12.9. The summed E-state index contributed by atoms with van der Waals surface area (Å²) in [6.07, 6.45) is -0.795. The maximum absolute atomic E-state index is 12.7. The van der Waals surface area contributed by atoms with E-state index in [1.807, 2.05) is 12.1 Å². The van der Waals surface area contributed by atoms with Gasteiger partial charge in [-0.2, -0.15) is 0 Å². The van der Waals surface area contributed by atoms with Crippen molar-refractivity contribution in [3.8, 4) is 33.8 Å². The Balaban J connectivity index is 1.67.